The Morgan fingerprint density at radius 3 is 3.00 bits per heavy atom. The minimum atomic E-state index is -0.420. The molecule has 1 aromatic rings. The summed E-state index contributed by atoms with van der Waals surface area (Å²) < 4.78 is 5.29. The maximum Gasteiger partial charge on any atom is 0.363 e. The van der Waals surface area contributed by atoms with Gasteiger partial charge in [0.25, 0.3) is 0 Å². The minimum absolute atomic E-state index is 0.420. The molecule has 7 nitrogen and oxygen atoms in total. The van der Waals surface area contributed by atoms with Crippen molar-refractivity contribution in [2.75, 3.05) is 44.7 Å². The highest BCUT2D eigenvalue weighted by molar-refractivity contribution is 5.37. The first-order chi connectivity index (χ1) is 8.25. The second-order valence-corrected chi connectivity index (χ2v) is 4.11. The van der Waals surface area contributed by atoms with Gasteiger partial charge in [0.05, 0.1) is 26.3 Å². The van der Waals surface area contributed by atoms with Gasteiger partial charge in [-0.05, 0) is 6.92 Å². The van der Waals surface area contributed by atoms with Gasteiger partial charge in [-0.2, -0.15) is 10.1 Å². The fourth-order valence-electron chi connectivity index (χ4n) is 1.83. The van der Waals surface area contributed by atoms with Crippen molar-refractivity contribution in [1.82, 2.24) is 15.2 Å². The third-order valence-electron chi connectivity index (χ3n) is 2.85. The maximum absolute atomic E-state index is 11.0. The minimum Gasteiger partial charge on any atom is -0.370 e. The lowest BCUT2D eigenvalue weighted by Crippen LogP contribution is -3.14. The van der Waals surface area contributed by atoms with Crippen LogP contribution in [0.4, 0.5) is 5.82 Å². The van der Waals surface area contributed by atoms with Crippen LogP contribution in [0, 0.1) is 6.92 Å². The van der Waals surface area contributed by atoms with Crippen LogP contribution >= 0.6 is 0 Å². The lowest BCUT2D eigenvalue weighted by atomic mass is 10.4. The molecule has 0 bridgehead atoms. The van der Waals surface area contributed by atoms with Crippen molar-refractivity contribution in [1.29, 1.82) is 0 Å². The highest BCUT2D eigenvalue weighted by Crippen LogP contribution is 2.01. The van der Waals surface area contributed by atoms with Crippen LogP contribution in [0.15, 0.2) is 4.79 Å². The van der Waals surface area contributed by atoms with Crippen LogP contribution in [0.2, 0.25) is 0 Å². The predicted octanol–water partition coefficient (Wildman–Crippen LogP) is -2.20. The second-order valence-electron chi connectivity index (χ2n) is 4.11. The summed E-state index contributed by atoms with van der Waals surface area (Å²) in [7, 11) is 0. The van der Waals surface area contributed by atoms with E-state index in [1.54, 1.807) is 0 Å². The number of nitrogens with one attached hydrogen (secondary N) is 3. The zero-order valence-electron chi connectivity index (χ0n) is 9.95. The zero-order chi connectivity index (χ0) is 12.1. The number of hydrogen-bond acceptors (Lipinski definition) is 5. The predicted molar refractivity (Wildman–Crippen MR) is 62.3 cm³/mol. The molecule has 3 N–H and O–H groups in total. The van der Waals surface area contributed by atoms with E-state index in [1.807, 2.05) is 6.92 Å². The van der Waals surface area contributed by atoms with E-state index in [4.69, 9.17) is 4.74 Å². The van der Waals surface area contributed by atoms with E-state index in [-0.39, 0.29) is 0 Å². The molecule has 1 aromatic heterocycles. The van der Waals surface area contributed by atoms with Crippen LogP contribution in [0.3, 0.4) is 0 Å². The number of rotatable bonds is 4. The molecule has 0 saturated carbocycles. The first-order valence-electron chi connectivity index (χ1n) is 5.84. The highest BCUT2D eigenvalue weighted by Gasteiger charge is 2.13. The summed E-state index contributed by atoms with van der Waals surface area (Å²) in [4.78, 5) is 16.4. The summed E-state index contributed by atoms with van der Waals surface area (Å²) in [6, 6.07) is 0. The summed E-state index contributed by atoms with van der Waals surface area (Å²) in [6.07, 6.45) is 0. The van der Waals surface area contributed by atoms with E-state index in [1.165, 1.54) is 4.90 Å². The van der Waals surface area contributed by atoms with Crippen LogP contribution in [-0.4, -0.2) is 54.6 Å². The van der Waals surface area contributed by atoms with Gasteiger partial charge >= 0.3 is 5.69 Å². The molecule has 2 rings (SSSR count). The largest absolute Gasteiger partial charge is 0.370 e. The third-order valence-corrected chi connectivity index (χ3v) is 2.85. The summed E-state index contributed by atoms with van der Waals surface area (Å²) in [5.41, 5.74) is 0.290. The molecule has 1 aliphatic heterocycles. The van der Waals surface area contributed by atoms with E-state index in [0.717, 1.165) is 39.4 Å². The van der Waals surface area contributed by atoms with Crippen molar-refractivity contribution in [2.24, 2.45) is 0 Å². The monoisotopic (exact) mass is 240 g/mol. The molecule has 1 aliphatic rings. The lowest BCUT2D eigenvalue weighted by Gasteiger charge is -2.23. The molecule has 0 spiro atoms. The zero-order valence-corrected chi connectivity index (χ0v) is 9.95. The van der Waals surface area contributed by atoms with Crippen molar-refractivity contribution in [2.45, 2.75) is 6.92 Å². The number of H-pyrrole nitrogens is 1. The molecule has 1 fully saturated rings. The summed E-state index contributed by atoms with van der Waals surface area (Å²) in [5, 5.41) is 9.30. The Bertz CT molecular complexity index is 413. The number of quaternary nitrogens is 1. The van der Waals surface area contributed by atoms with Crippen molar-refractivity contribution < 1.29 is 9.64 Å². The van der Waals surface area contributed by atoms with Crippen LogP contribution in [0.1, 0.15) is 5.69 Å². The Morgan fingerprint density at radius 1 is 1.47 bits per heavy atom. The average molecular weight is 240 g/mol. The van der Waals surface area contributed by atoms with Crippen molar-refractivity contribution in [3.8, 4) is 0 Å². The molecule has 0 aliphatic carbocycles. The quantitative estimate of drug-likeness (QED) is 0.556. The molecule has 1 saturated heterocycles. The lowest BCUT2D eigenvalue weighted by molar-refractivity contribution is -0.906. The van der Waals surface area contributed by atoms with Crippen LogP contribution in [-0.2, 0) is 4.74 Å². The van der Waals surface area contributed by atoms with Gasteiger partial charge in [0, 0.05) is 0 Å². The van der Waals surface area contributed by atoms with E-state index in [0.29, 0.717) is 11.5 Å². The molecular formula is C10H18N5O2+. The molecule has 7 heteroatoms. The first kappa shape index (κ1) is 12.0. The Labute approximate surface area is 99.2 Å². The highest BCUT2D eigenvalue weighted by atomic mass is 16.5. The number of anilines is 1. The Balaban J connectivity index is 1.81. The summed E-state index contributed by atoms with van der Waals surface area (Å²) >= 11 is 0. The standard InChI is InChI=1S/C10H17N5O2/c1-8-9(12-10(16)14-13-8)11-2-3-15-4-6-17-7-5-15/h2-7H2,1H3,(H2,11,12,14,16)/p+1. The molecular weight excluding hydrogens is 222 g/mol. The third kappa shape index (κ3) is 3.50. The Hall–Kier alpha value is -1.47. The van der Waals surface area contributed by atoms with Crippen LogP contribution in [0.5, 0.6) is 0 Å². The molecule has 94 valence electrons. The second kappa shape index (κ2) is 5.74. The van der Waals surface area contributed by atoms with Gasteiger partial charge in [0.15, 0.2) is 5.82 Å². The van der Waals surface area contributed by atoms with Crippen molar-refractivity contribution in [3.05, 3.63) is 16.2 Å². The number of morpholine rings is 1. The van der Waals surface area contributed by atoms with Crippen LogP contribution < -0.4 is 15.9 Å². The van der Waals surface area contributed by atoms with Crippen molar-refractivity contribution >= 4 is 5.82 Å². The molecule has 0 unspecified atom stereocenters. The normalized spacial score (nSPS) is 17.0. The molecule has 0 radical (unpaired) electrons. The summed E-state index contributed by atoms with van der Waals surface area (Å²) in [6.45, 7) is 7.35. The van der Waals surface area contributed by atoms with E-state index >= 15 is 0 Å². The molecule has 0 aromatic carbocycles. The van der Waals surface area contributed by atoms with Gasteiger partial charge in [-0.25, -0.2) is 9.89 Å². The van der Waals surface area contributed by atoms with Crippen molar-refractivity contribution in [3.63, 3.8) is 0 Å². The first-order valence-corrected chi connectivity index (χ1v) is 5.84. The van der Waals surface area contributed by atoms with Gasteiger partial charge in [0.1, 0.15) is 18.8 Å². The fraction of sp³-hybridized carbons (Fsp3) is 0.700. The maximum atomic E-state index is 11.0. The van der Waals surface area contributed by atoms with Crippen LogP contribution in [0.25, 0.3) is 0 Å². The Kier molecular flexibility index (Phi) is 4.05. The van der Waals surface area contributed by atoms with Gasteiger partial charge in [0.2, 0.25) is 0 Å². The molecule has 2 heterocycles. The van der Waals surface area contributed by atoms with Gasteiger partial charge in [-0.15, -0.1) is 0 Å². The molecule has 17 heavy (non-hydrogen) atoms. The van der Waals surface area contributed by atoms with Gasteiger partial charge in [-0.1, -0.05) is 0 Å². The van der Waals surface area contributed by atoms with Gasteiger partial charge < -0.3 is 15.0 Å². The van der Waals surface area contributed by atoms with Gasteiger partial charge in [-0.3, -0.25) is 0 Å². The number of ether oxygens (including phenoxy) is 1. The SMILES string of the molecule is Cc1n[nH]c(=O)nc1NCC[NH+]1CCOCC1. The Morgan fingerprint density at radius 2 is 2.24 bits per heavy atom. The van der Waals surface area contributed by atoms with E-state index in [2.05, 4.69) is 20.5 Å². The van der Waals surface area contributed by atoms with E-state index < -0.39 is 5.69 Å². The number of hydrogen-bond donors (Lipinski definition) is 3. The smallest absolute Gasteiger partial charge is 0.363 e. The number of aryl methyl sites for hydroxylation is 1. The number of aromatic nitrogens is 3. The topological polar surface area (TPSA) is 84.3 Å². The molecule has 0 amide bonds. The average Bonchev–Trinajstić information content (AvgIpc) is 2.35. The summed E-state index contributed by atoms with van der Waals surface area (Å²) in [5.74, 6) is 0.571. The number of aromatic amines is 1. The fourth-order valence-corrected chi connectivity index (χ4v) is 1.83. The van der Waals surface area contributed by atoms with E-state index in [9.17, 15) is 4.79 Å². The number of nitrogens with zero attached hydrogens (tertiary/aromatic N) is 2. The molecule has 0 atom stereocenters.